The summed E-state index contributed by atoms with van der Waals surface area (Å²) in [5, 5.41) is 4.67. The van der Waals surface area contributed by atoms with E-state index in [-0.39, 0.29) is 5.41 Å². The molecule has 9 aromatic rings. The molecule has 0 amide bonds. The van der Waals surface area contributed by atoms with Crippen molar-refractivity contribution in [1.82, 2.24) is 0 Å². The summed E-state index contributed by atoms with van der Waals surface area (Å²) in [7, 11) is 0. The number of fused-ring (bicyclic) bond motifs is 7. The number of para-hydroxylation sites is 2. The molecule has 0 fully saturated rings. The lowest BCUT2D eigenvalue weighted by molar-refractivity contribution is 0.660. The molecule has 8 aromatic carbocycles. The Labute approximate surface area is 297 Å². The van der Waals surface area contributed by atoms with Crippen LogP contribution in [0.25, 0.3) is 66.1 Å². The topological polar surface area (TPSA) is 16.4 Å². The average molecular weight is 654 g/mol. The minimum Gasteiger partial charge on any atom is -0.454 e. The predicted octanol–water partition coefficient (Wildman–Crippen LogP) is 13.8. The molecular weight excluding hydrogens is 619 g/mol. The highest BCUT2D eigenvalue weighted by atomic mass is 16.3. The number of anilines is 3. The van der Waals surface area contributed by atoms with Crippen LogP contribution in [-0.2, 0) is 5.41 Å². The summed E-state index contributed by atoms with van der Waals surface area (Å²) in [5.41, 5.74) is 14.8. The van der Waals surface area contributed by atoms with Gasteiger partial charge in [-0.3, -0.25) is 0 Å². The molecule has 0 N–H and O–H groups in total. The second-order valence-corrected chi connectivity index (χ2v) is 14.1. The second-order valence-electron chi connectivity index (χ2n) is 14.1. The predicted molar refractivity (Wildman–Crippen MR) is 214 cm³/mol. The third-order valence-electron chi connectivity index (χ3n) is 10.9. The lowest BCUT2D eigenvalue weighted by atomic mass is 9.82. The van der Waals surface area contributed by atoms with Crippen molar-refractivity contribution in [2.45, 2.75) is 19.3 Å². The van der Waals surface area contributed by atoms with E-state index in [4.69, 9.17) is 4.42 Å². The van der Waals surface area contributed by atoms with Gasteiger partial charge in [0.25, 0.3) is 0 Å². The minimum absolute atomic E-state index is 0.134. The van der Waals surface area contributed by atoms with Crippen LogP contribution in [0.15, 0.2) is 180 Å². The summed E-state index contributed by atoms with van der Waals surface area (Å²) < 4.78 is 6.89. The first-order valence-electron chi connectivity index (χ1n) is 17.7. The van der Waals surface area contributed by atoms with Crippen molar-refractivity contribution >= 4 is 49.8 Å². The van der Waals surface area contributed by atoms with Crippen LogP contribution in [0.3, 0.4) is 0 Å². The van der Waals surface area contributed by atoms with Gasteiger partial charge < -0.3 is 9.32 Å². The number of nitrogens with zero attached hydrogens (tertiary/aromatic N) is 1. The van der Waals surface area contributed by atoms with Gasteiger partial charge in [0.1, 0.15) is 5.58 Å². The molecule has 1 aliphatic carbocycles. The summed E-state index contributed by atoms with van der Waals surface area (Å²) in [5.74, 6) is 0. The van der Waals surface area contributed by atoms with E-state index in [1.807, 2.05) is 0 Å². The molecule has 0 saturated heterocycles. The van der Waals surface area contributed by atoms with Gasteiger partial charge in [0, 0.05) is 27.3 Å². The highest BCUT2D eigenvalue weighted by molar-refractivity contribution is 6.12. The first-order chi connectivity index (χ1) is 25.1. The van der Waals surface area contributed by atoms with Gasteiger partial charge in [-0.15, -0.1) is 0 Å². The number of rotatable bonds is 5. The lowest BCUT2D eigenvalue weighted by Crippen LogP contribution is -2.16. The van der Waals surface area contributed by atoms with Crippen LogP contribution in [0.1, 0.15) is 25.0 Å². The molecule has 1 aliphatic rings. The highest BCUT2D eigenvalue weighted by Gasteiger charge is 2.38. The molecule has 2 nitrogen and oxygen atoms in total. The molecule has 0 bridgehead atoms. The van der Waals surface area contributed by atoms with E-state index in [1.54, 1.807) is 0 Å². The summed E-state index contributed by atoms with van der Waals surface area (Å²) in [6.07, 6.45) is 0. The maximum Gasteiger partial charge on any atom is 0.159 e. The van der Waals surface area contributed by atoms with Gasteiger partial charge >= 0.3 is 0 Å². The third kappa shape index (κ3) is 4.57. The van der Waals surface area contributed by atoms with E-state index >= 15 is 0 Å². The Morgan fingerprint density at radius 1 is 0.431 bits per heavy atom. The fourth-order valence-corrected chi connectivity index (χ4v) is 8.35. The molecule has 0 atom stereocenters. The number of furan rings is 1. The standard InChI is InChI=1S/C49H35NO/c1-49(2)41-21-10-8-19-39(41)47-42(49)22-13-24-44(47)50(43-23-11-9-18-37(43)36-27-26-33-16-6-7-17-34(33)30-36)45-25-12-20-38-40-31-35(32-14-4-3-5-15-32)28-29-46(40)51-48(38)45/h3-31H,1-2H3. The SMILES string of the molecule is CC1(C)c2ccccc2-c2c(N(c3ccccc3-c3ccc4ccccc4c3)c3cccc4c3oc3ccc(-c5ccccc5)cc34)cccc21. The summed E-state index contributed by atoms with van der Waals surface area (Å²) in [6.45, 7) is 4.69. The number of benzene rings is 8. The molecule has 1 heterocycles. The van der Waals surface area contributed by atoms with E-state index in [2.05, 4.69) is 195 Å². The Morgan fingerprint density at radius 2 is 1.10 bits per heavy atom. The molecule has 10 rings (SSSR count). The van der Waals surface area contributed by atoms with Crippen molar-refractivity contribution in [3.63, 3.8) is 0 Å². The van der Waals surface area contributed by atoms with Gasteiger partial charge in [0.2, 0.25) is 0 Å². The molecule has 0 radical (unpaired) electrons. The molecule has 0 saturated carbocycles. The van der Waals surface area contributed by atoms with E-state index in [0.717, 1.165) is 44.6 Å². The molecule has 51 heavy (non-hydrogen) atoms. The molecule has 0 unspecified atom stereocenters. The van der Waals surface area contributed by atoms with Crippen LogP contribution in [0.5, 0.6) is 0 Å². The van der Waals surface area contributed by atoms with Gasteiger partial charge in [-0.05, 0) is 80.6 Å². The molecule has 0 spiro atoms. The van der Waals surface area contributed by atoms with E-state index in [9.17, 15) is 0 Å². The molecular formula is C49H35NO. The van der Waals surface area contributed by atoms with Crippen molar-refractivity contribution in [3.05, 3.63) is 187 Å². The van der Waals surface area contributed by atoms with Crippen LogP contribution < -0.4 is 4.90 Å². The smallest absolute Gasteiger partial charge is 0.159 e. The zero-order valence-electron chi connectivity index (χ0n) is 28.6. The monoisotopic (exact) mass is 653 g/mol. The molecule has 1 aromatic heterocycles. The average Bonchev–Trinajstić information content (AvgIpc) is 3.68. The van der Waals surface area contributed by atoms with Crippen molar-refractivity contribution in [2.24, 2.45) is 0 Å². The Hall–Kier alpha value is -6.38. The third-order valence-corrected chi connectivity index (χ3v) is 10.9. The van der Waals surface area contributed by atoms with Gasteiger partial charge in [-0.2, -0.15) is 0 Å². The molecule has 242 valence electrons. The second kappa shape index (κ2) is 11.3. The van der Waals surface area contributed by atoms with Gasteiger partial charge in [-0.25, -0.2) is 0 Å². The number of hydrogen-bond acceptors (Lipinski definition) is 2. The van der Waals surface area contributed by atoms with E-state index < -0.39 is 0 Å². The fourth-order valence-electron chi connectivity index (χ4n) is 8.35. The van der Waals surface area contributed by atoms with Crippen molar-refractivity contribution in [3.8, 4) is 33.4 Å². The van der Waals surface area contributed by atoms with Gasteiger partial charge in [-0.1, -0.05) is 153 Å². The molecule has 2 heteroatoms. The normalized spacial score (nSPS) is 13.1. The van der Waals surface area contributed by atoms with Crippen LogP contribution in [-0.4, -0.2) is 0 Å². The fraction of sp³-hybridized carbons (Fsp3) is 0.0612. The molecule has 0 aliphatic heterocycles. The van der Waals surface area contributed by atoms with Gasteiger partial charge in [0.05, 0.1) is 17.1 Å². The van der Waals surface area contributed by atoms with Crippen LogP contribution in [0, 0.1) is 0 Å². The highest BCUT2D eigenvalue weighted by Crippen LogP contribution is 2.55. The Balaban J connectivity index is 1.27. The van der Waals surface area contributed by atoms with Crippen molar-refractivity contribution in [1.29, 1.82) is 0 Å². The van der Waals surface area contributed by atoms with Crippen molar-refractivity contribution < 1.29 is 4.42 Å². The summed E-state index contributed by atoms with van der Waals surface area (Å²) in [6, 6.07) is 63.6. The first kappa shape index (κ1) is 29.5. The summed E-state index contributed by atoms with van der Waals surface area (Å²) >= 11 is 0. The van der Waals surface area contributed by atoms with E-state index in [1.165, 1.54) is 49.7 Å². The summed E-state index contributed by atoms with van der Waals surface area (Å²) in [4.78, 5) is 2.45. The minimum atomic E-state index is -0.134. The van der Waals surface area contributed by atoms with E-state index in [0.29, 0.717) is 0 Å². The maximum atomic E-state index is 6.89. The van der Waals surface area contributed by atoms with Gasteiger partial charge in [0.15, 0.2) is 5.58 Å². The lowest BCUT2D eigenvalue weighted by Gasteiger charge is -2.30. The van der Waals surface area contributed by atoms with Crippen LogP contribution in [0.2, 0.25) is 0 Å². The largest absolute Gasteiger partial charge is 0.454 e. The Kier molecular flexibility index (Phi) is 6.56. The Bertz CT molecular complexity index is 2790. The quantitative estimate of drug-likeness (QED) is 0.184. The Morgan fingerprint density at radius 3 is 1.98 bits per heavy atom. The maximum absolute atomic E-state index is 6.89. The van der Waals surface area contributed by atoms with Crippen LogP contribution >= 0.6 is 0 Å². The number of hydrogen-bond donors (Lipinski definition) is 0. The zero-order chi connectivity index (χ0) is 34.1. The van der Waals surface area contributed by atoms with Crippen molar-refractivity contribution in [2.75, 3.05) is 4.90 Å². The first-order valence-corrected chi connectivity index (χ1v) is 17.7. The van der Waals surface area contributed by atoms with Crippen LogP contribution in [0.4, 0.5) is 17.1 Å². The zero-order valence-corrected chi connectivity index (χ0v) is 28.6.